The van der Waals surface area contributed by atoms with Crippen LogP contribution in [0.2, 0.25) is 5.02 Å². The van der Waals surface area contributed by atoms with Crippen molar-refractivity contribution in [3.8, 4) is 0 Å². The van der Waals surface area contributed by atoms with Crippen LogP contribution in [-0.4, -0.2) is 16.8 Å². The smallest absolute Gasteiger partial charge is 0.113 e. The molecule has 0 heterocycles. The molecule has 2 nitrogen and oxygen atoms in total. The lowest BCUT2D eigenvalue weighted by atomic mass is 9.97. The summed E-state index contributed by atoms with van der Waals surface area (Å²) in [5.41, 5.74) is 0.823. The normalized spacial score (nSPS) is 26.1. The zero-order chi connectivity index (χ0) is 9.47. The van der Waals surface area contributed by atoms with Gasteiger partial charge in [0.15, 0.2) is 0 Å². The zero-order valence-electron chi connectivity index (χ0n) is 7.13. The van der Waals surface area contributed by atoms with Gasteiger partial charge in [0.05, 0.1) is 6.61 Å². The van der Waals surface area contributed by atoms with Gasteiger partial charge in [0.1, 0.15) is 5.60 Å². The van der Waals surface area contributed by atoms with Crippen LogP contribution >= 0.6 is 11.6 Å². The van der Waals surface area contributed by atoms with Crippen LogP contribution in [0.1, 0.15) is 17.5 Å². The SMILES string of the molecule is OCC1(O)CCc2cc(Cl)ccc21. The molecule has 0 bridgehead atoms. The molecule has 70 valence electrons. The summed E-state index contributed by atoms with van der Waals surface area (Å²) in [6.07, 6.45) is 1.37. The fraction of sp³-hybridized carbons (Fsp3) is 0.400. The molecule has 0 aromatic heterocycles. The monoisotopic (exact) mass is 198 g/mol. The lowest BCUT2D eigenvalue weighted by Crippen LogP contribution is -2.26. The minimum absolute atomic E-state index is 0.221. The van der Waals surface area contributed by atoms with Crippen molar-refractivity contribution < 1.29 is 10.2 Å². The van der Waals surface area contributed by atoms with Crippen molar-refractivity contribution in [1.29, 1.82) is 0 Å². The van der Waals surface area contributed by atoms with E-state index < -0.39 is 5.60 Å². The second-order valence-electron chi connectivity index (χ2n) is 3.49. The molecule has 1 aromatic carbocycles. The molecule has 0 spiro atoms. The van der Waals surface area contributed by atoms with E-state index in [1.807, 2.05) is 6.07 Å². The number of halogens is 1. The van der Waals surface area contributed by atoms with Gasteiger partial charge in [0.25, 0.3) is 0 Å². The zero-order valence-corrected chi connectivity index (χ0v) is 7.88. The first-order valence-electron chi connectivity index (χ1n) is 4.28. The Bertz CT molecular complexity index is 338. The van der Waals surface area contributed by atoms with Crippen LogP contribution in [0, 0.1) is 0 Å². The van der Waals surface area contributed by atoms with Crippen molar-refractivity contribution in [1.82, 2.24) is 0 Å². The Hall–Kier alpha value is -0.570. The van der Waals surface area contributed by atoms with E-state index in [2.05, 4.69) is 0 Å². The quantitative estimate of drug-likeness (QED) is 0.718. The summed E-state index contributed by atoms with van der Waals surface area (Å²) >= 11 is 5.82. The Morgan fingerprint density at radius 2 is 2.23 bits per heavy atom. The highest BCUT2D eigenvalue weighted by Crippen LogP contribution is 2.37. The van der Waals surface area contributed by atoms with Gasteiger partial charge < -0.3 is 10.2 Å². The van der Waals surface area contributed by atoms with Gasteiger partial charge in [-0.05, 0) is 36.1 Å². The molecule has 0 radical (unpaired) electrons. The number of aliphatic hydroxyl groups excluding tert-OH is 1. The number of hydrogen-bond acceptors (Lipinski definition) is 2. The number of benzene rings is 1. The van der Waals surface area contributed by atoms with Gasteiger partial charge in [-0.2, -0.15) is 0 Å². The summed E-state index contributed by atoms with van der Waals surface area (Å²) in [6.45, 7) is -0.221. The highest BCUT2D eigenvalue weighted by molar-refractivity contribution is 6.30. The lowest BCUT2D eigenvalue weighted by molar-refractivity contribution is -0.0171. The van der Waals surface area contributed by atoms with Crippen LogP contribution in [-0.2, 0) is 12.0 Å². The van der Waals surface area contributed by atoms with Crippen molar-refractivity contribution >= 4 is 11.6 Å². The first kappa shape index (κ1) is 9.00. The Labute approximate surface area is 81.8 Å². The van der Waals surface area contributed by atoms with E-state index in [-0.39, 0.29) is 6.61 Å². The van der Waals surface area contributed by atoms with Crippen molar-refractivity contribution in [3.05, 3.63) is 34.3 Å². The van der Waals surface area contributed by atoms with Gasteiger partial charge in [-0.25, -0.2) is 0 Å². The molecule has 2 rings (SSSR count). The standard InChI is InChI=1S/C10H11ClO2/c11-8-1-2-9-7(5-8)3-4-10(9,13)6-12/h1-2,5,12-13H,3-4,6H2. The van der Waals surface area contributed by atoms with E-state index >= 15 is 0 Å². The topological polar surface area (TPSA) is 40.5 Å². The average Bonchev–Trinajstić information content (AvgIpc) is 2.45. The summed E-state index contributed by atoms with van der Waals surface area (Å²) < 4.78 is 0. The Morgan fingerprint density at radius 3 is 2.92 bits per heavy atom. The summed E-state index contributed by atoms with van der Waals surface area (Å²) in [5, 5.41) is 19.7. The van der Waals surface area contributed by atoms with Crippen molar-refractivity contribution in [2.45, 2.75) is 18.4 Å². The van der Waals surface area contributed by atoms with Gasteiger partial charge in [-0.1, -0.05) is 17.7 Å². The number of aliphatic hydroxyl groups is 2. The van der Waals surface area contributed by atoms with Crippen LogP contribution in [0.5, 0.6) is 0 Å². The molecule has 13 heavy (non-hydrogen) atoms. The maximum atomic E-state index is 9.95. The Kier molecular flexibility index (Phi) is 2.06. The maximum Gasteiger partial charge on any atom is 0.113 e. The average molecular weight is 199 g/mol. The summed E-state index contributed by atoms with van der Waals surface area (Å²) in [6, 6.07) is 5.39. The third-order valence-electron chi connectivity index (χ3n) is 2.64. The predicted octanol–water partition coefficient (Wildman–Crippen LogP) is 1.47. The number of fused-ring (bicyclic) bond motifs is 1. The van der Waals surface area contributed by atoms with E-state index in [4.69, 9.17) is 16.7 Å². The second-order valence-corrected chi connectivity index (χ2v) is 3.93. The van der Waals surface area contributed by atoms with E-state index in [0.717, 1.165) is 17.5 Å². The molecular weight excluding hydrogens is 188 g/mol. The number of hydrogen-bond donors (Lipinski definition) is 2. The summed E-state index contributed by atoms with van der Waals surface area (Å²) in [4.78, 5) is 0. The van der Waals surface area contributed by atoms with Crippen LogP contribution < -0.4 is 0 Å². The van der Waals surface area contributed by atoms with Crippen LogP contribution in [0.3, 0.4) is 0 Å². The molecule has 2 N–H and O–H groups in total. The summed E-state index contributed by atoms with van der Waals surface area (Å²) in [5.74, 6) is 0. The Balaban J connectivity index is 2.49. The Morgan fingerprint density at radius 1 is 1.46 bits per heavy atom. The van der Waals surface area contributed by atoms with Gasteiger partial charge in [-0.3, -0.25) is 0 Å². The third kappa shape index (κ3) is 1.35. The van der Waals surface area contributed by atoms with Crippen molar-refractivity contribution in [2.24, 2.45) is 0 Å². The molecule has 1 aromatic rings. The molecule has 0 fully saturated rings. The first-order valence-corrected chi connectivity index (χ1v) is 4.66. The van der Waals surface area contributed by atoms with Gasteiger partial charge >= 0.3 is 0 Å². The van der Waals surface area contributed by atoms with E-state index in [0.29, 0.717) is 11.4 Å². The molecule has 0 aliphatic heterocycles. The molecule has 1 atom stereocenters. The van der Waals surface area contributed by atoms with Crippen molar-refractivity contribution in [3.63, 3.8) is 0 Å². The fourth-order valence-corrected chi connectivity index (χ4v) is 2.06. The molecule has 0 amide bonds. The molecule has 3 heteroatoms. The molecular formula is C10H11ClO2. The van der Waals surface area contributed by atoms with E-state index in [9.17, 15) is 5.11 Å². The van der Waals surface area contributed by atoms with Crippen LogP contribution in [0.25, 0.3) is 0 Å². The fourth-order valence-electron chi connectivity index (χ4n) is 1.86. The largest absolute Gasteiger partial charge is 0.393 e. The minimum Gasteiger partial charge on any atom is -0.393 e. The van der Waals surface area contributed by atoms with Gasteiger partial charge in [0.2, 0.25) is 0 Å². The predicted molar refractivity (Wildman–Crippen MR) is 50.8 cm³/mol. The van der Waals surface area contributed by atoms with Crippen molar-refractivity contribution in [2.75, 3.05) is 6.61 Å². The molecule has 1 aliphatic carbocycles. The summed E-state index contributed by atoms with van der Waals surface area (Å²) in [7, 11) is 0. The second kappa shape index (κ2) is 2.98. The van der Waals surface area contributed by atoms with Crippen LogP contribution in [0.4, 0.5) is 0 Å². The van der Waals surface area contributed by atoms with E-state index in [1.165, 1.54) is 0 Å². The van der Waals surface area contributed by atoms with Gasteiger partial charge in [0, 0.05) is 5.02 Å². The number of aryl methyl sites for hydroxylation is 1. The lowest BCUT2D eigenvalue weighted by Gasteiger charge is -2.20. The molecule has 1 unspecified atom stereocenters. The van der Waals surface area contributed by atoms with Gasteiger partial charge in [-0.15, -0.1) is 0 Å². The first-order chi connectivity index (χ1) is 6.15. The van der Waals surface area contributed by atoms with Crippen LogP contribution in [0.15, 0.2) is 18.2 Å². The maximum absolute atomic E-state index is 9.95. The third-order valence-corrected chi connectivity index (χ3v) is 2.87. The number of rotatable bonds is 1. The minimum atomic E-state index is -1.04. The molecule has 0 saturated carbocycles. The highest BCUT2D eigenvalue weighted by atomic mass is 35.5. The van der Waals surface area contributed by atoms with E-state index in [1.54, 1.807) is 12.1 Å². The molecule has 1 aliphatic rings. The molecule has 0 saturated heterocycles. The highest BCUT2D eigenvalue weighted by Gasteiger charge is 2.35.